The largest absolute Gasteiger partial charge is 0.383 e. The topological polar surface area (TPSA) is 26.3 Å². The maximum atomic E-state index is 12.6. The Balaban J connectivity index is 3.00. The number of carbonyl (C=O) groups excluding carboxylic acids is 1. The quantitative estimate of drug-likeness (QED) is 0.698. The van der Waals surface area contributed by atoms with E-state index in [4.69, 9.17) is 4.74 Å². The van der Waals surface area contributed by atoms with E-state index in [1.807, 2.05) is 13.0 Å². The van der Waals surface area contributed by atoms with E-state index in [-0.39, 0.29) is 11.2 Å². The number of ketones is 1. The summed E-state index contributed by atoms with van der Waals surface area (Å²) in [5, 5.41) is 0. The lowest BCUT2D eigenvalue weighted by Crippen LogP contribution is -2.38. The van der Waals surface area contributed by atoms with Crippen LogP contribution in [-0.2, 0) is 9.53 Å². The predicted molar refractivity (Wildman–Crippen MR) is 70.9 cm³/mol. The molecule has 17 heavy (non-hydrogen) atoms. The number of hydrogen-bond acceptors (Lipinski definition) is 2. The molecule has 0 spiro atoms. The van der Waals surface area contributed by atoms with Crippen molar-refractivity contribution in [3.05, 3.63) is 23.8 Å². The van der Waals surface area contributed by atoms with Gasteiger partial charge in [0.25, 0.3) is 0 Å². The number of carbonyl (C=O) groups is 1. The molecule has 0 heterocycles. The molecule has 1 aliphatic carbocycles. The van der Waals surface area contributed by atoms with Gasteiger partial charge in [0.1, 0.15) is 5.78 Å². The van der Waals surface area contributed by atoms with Crippen molar-refractivity contribution in [2.45, 2.75) is 40.5 Å². The molecular formula is C15H24O2. The summed E-state index contributed by atoms with van der Waals surface area (Å²) in [5.41, 5.74) is 0.611. The smallest absolute Gasteiger partial charge is 0.149 e. The van der Waals surface area contributed by atoms with Gasteiger partial charge in [-0.2, -0.15) is 0 Å². The zero-order valence-corrected chi connectivity index (χ0v) is 11.7. The highest BCUT2D eigenvalue weighted by Gasteiger charge is 2.39. The summed E-state index contributed by atoms with van der Waals surface area (Å²) in [5.74, 6) is 0.261. The maximum Gasteiger partial charge on any atom is 0.149 e. The number of allylic oxidation sites excluding steroid dienone is 2. The molecule has 0 saturated heterocycles. The summed E-state index contributed by atoms with van der Waals surface area (Å²) in [6, 6.07) is 0. The van der Waals surface area contributed by atoms with Crippen LogP contribution in [0.4, 0.5) is 0 Å². The van der Waals surface area contributed by atoms with E-state index in [1.54, 1.807) is 7.11 Å². The Hall–Kier alpha value is -0.890. The third-order valence-electron chi connectivity index (χ3n) is 3.23. The van der Waals surface area contributed by atoms with Gasteiger partial charge in [0, 0.05) is 13.5 Å². The zero-order chi connectivity index (χ0) is 13.1. The molecule has 2 heteroatoms. The molecule has 0 aliphatic heterocycles. The van der Waals surface area contributed by atoms with Crippen LogP contribution in [0.25, 0.3) is 0 Å². The van der Waals surface area contributed by atoms with Gasteiger partial charge in [-0.05, 0) is 18.8 Å². The van der Waals surface area contributed by atoms with Crippen molar-refractivity contribution in [3.63, 3.8) is 0 Å². The normalized spacial score (nSPS) is 24.6. The monoisotopic (exact) mass is 236 g/mol. The van der Waals surface area contributed by atoms with E-state index in [2.05, 4.69) is 32.9 Å². The van der Waals surface area contributed by atoms with Crippen molar-refractivity contribution in [2.24, 2.45) is 10.8 Å². The Bertz CT molecular complexity index is 344. The van der Waals surface area contributed by atoms with Gasteiger partial charge in [0.2, 0.25) is 0 Å². The van der Waals surface area contributed by atoms with Crippen LogP contribution >= 0.6 is 0 Å². The van der Waals surface area contributed by atoms with E-state index in [9.17, 15) is 4.79 Å². The second-order valence-electron chi connectivity index (χ2n) is 6.09. The molecule has 0 N–H and O–H groups in total. The van der Waals surface area contributed by atoms with Gasteiger partial charge in [0.05, 0.1) is 12.0 Å². The number of Topliss-reactive ketones (excluding diaryl/α,β-unsaturated/α-hetero) is 1. The molecule has 0 radical (unpaired) electrons. The Kier molecular flexibility index (Phi) is 4.31. The molecule has 0 bridgehead atoms. The lowest BCUT2D eigenvalue weighted by Gasteiger charge is -2.34. The molecule has 0 fully saturated rings. The van der Waals surface area contributed by atoms with Crippen molar-refractivity contribution < 1.29 is 9.53 Å². The van der Waals surface area contributed by atoms with Crippen LogP contribution in [-0.4, -0.2) is 19.5 Å². The van der Waals surface area contributed by atoms with Crippen molar-refractivity contribution >= 4 is 5.78 Å². The molecular weight excluding hydrogens is 212 g/mol. The first kappa shape index (κ1) is 14.2. The molecule has 0 aromatic heterocycles. The Morgan fingerprint density at radius 1 is 1.47 bits per heavy atom. The second kappa shape index (κ2) is 5.18. The van der Waals surface area contributed by atoms with Crippen LogP contribution in [0.1, 0.15) is 40.5 Å². The van der Waals surface area contributed by atoms with Gasteiger partial charge in [-0.1, -0.05) is 44.6 Å². The summed E-state index contributed by atoms with van der Waals surface area (Å²) >= 11 is 0. The first-order valence-corrected chi connectivity index (χ1v) is 6.19. The average molecular weight is 236 g/mol. The molecule has 1 atom stereocenters. The van der Waals surface area contributed by atoms with Crippen molar-refractivity contribution in [1.82, 2.24) is 0 Å². The minimum atomic E-state index is -0.527. The Morgan fingerprint density at radius 2 is 2.12 bits per heavy atom. The van der Waals surface area contributed by atoms with Crippen LogP contribution in [0, 0.1) is 10.8 Å². The van der Waals surface area contributed by atoms with E-state index in [0.29, 0.717) is 13.0 Å². The number of rotatable bonds is 4. The molecule has 1 rings (SSSR count). The van der Waals surface area contributed by atoms with Crippen LogP contribution in [0.15, 0.2) is 23.8 Å². The summed E-state index contributed by atoms with van der Waals surface area (Å²) in [6.07, 6.45) is 7.71. The fraction of sp³-hybridized carbons (Fsp3) is 0.667. The van der Waals surface area contributed by atoms with Crippen LogP contribution < -0.4 is 0 Å². The first-order valence-electron chi connectivity index (χ1n) is 6.19. The van der Waals surface area contributed by atoms with Gasteiger partial charge in [0.15, 0.2) is 0 Å². The van der Waals surface area contributed by atoms with E-state index in [0.717, 1.165) is 12.0 Å². The Morgan fingerprint density at radius 3 is 2.59 bits per heavy atom. The van der Waals surface area contributed by atoms with Gasteiger partial charge < -0.3 is 4.74 Å². The molecule has 1 unspecified atom stereocenters. The highest BCUT2D eigenvalue weighted by atomic mass is 16.5. The first-order chi connectivity index (χ1) is 7.82. The molecule has 0 amide bonds. The molecule has 1 aliphatic rings. The molecule has 0 aromatic carbocycles. The minimum Gasteiger partial charge on any atom is -0.383 e. The van der Waals surface area contributed by atoms with Crippen molar-refractivity contribution in [1.29, 1.82) is 0 Å². The van der Waals surface area contributed by atoms with Crippen LogP contribution in [0.3, 0.4) is 0 Å². The highest BCUT2D eigenvalue weighted by Crippen LogP contribution is 2.37. The molecule has 0 saturated carbocycles. The van der Waals surface area contributed by atoms with Crippen LogP contribution in [0.2, 0.25) is 0 Å². The van der Waals surface area contributed by atoms with Gasteiger partial charge in [-0.3, -0.25) is 4.79 Å². The summed E-state index contributed by atoms with van der Waals surface area (Å²) in [4.78, 5) is 12.6. The summed E-state index contributed by atoms with van der Waals surface area (Å²) < 4.78 is 5.28. The van der Waals surface area contributed by atoms with E-state index < -0.39 is 5.41 Å². The summed E-state index contributed by atoms with van der Waals surface area (Å²) in [6.45, 7) is 8.76. The van der Waals surface area contributed by atoms with E-state index >= 15 is 0 Å². The predicted octanol–water partition coefficient (Wildman–Crippen LogP) is 3.53. The average Bonchev–Trinajstić information content (AvgIpc) is 2.19. The van der Waals surface area contributed by atoms with Crippen molar-refractivity contribution in [3.8, 4) is 0 Å². The lowest BCUT2D eigenvalue weighted by molar-refractivity contribution is -0.128. The van der Waals surface area contributed by atoms with Crippen LogP contribution in [0.5, 0.6) is 0 Å². The summed E-state index contributed by atoms with van der Waals surface area (Å²) in [7, 11) is 1.65. The SMILES string of the molecule is COCC1(C(=O)CC(C)(C)C)C=CCC=C1C. The number of hydrogen-bond donors (Lipinski definition) is 0. The fourth-order valence-electron chi connectivity index (χ4n) is 2.25. The zero-order valence-electron chi connectivity index (χ0n) is 11.7. The number of methoxy groups -OCH3 is 1. The molecule has 96 valence electrons. The minimum absolute atomic E-state index is 0.0173. The van der Waals surface area contributed by atoms with Gasteiger partial charge in [-0.15, -0.1) is 0 Å². The second-order valence-corrected chi connectivity index (χ2v) is 6.09. The van der Waals surface area contributed by atoms with Gasteiger partial charge in [-0.25, -0.2) is 0 Å². The molecule has 2 nitrogen and oxygen atoms in total. The van der Waals surface area contributed by atoms with Gasteiger partial charge >= 0.3 is 0 Å². The number of ether oxygens (including phenoxy) is 1. The molecule has 0 aromatic rings. The van der Waals surface area contributed by atoms with E-state index in [1.165, 1.54) is 0 Å². The Labute approximate surface area is 105 Å². The standard InChI is InChI=1S/C15H24O2/c1-12-8-6-7-9-15(12,11-17-5)13(16)10-14(2,3)4/h7-9H,6,10-11H2,1-5H3. The maximum absolute atomic E-state index is 12.6. The lowest BCUT2D eigenvalue weighted by atomic mass is 9.70. The third kappa shape index (κ3) is 3.29. The highest BCUT2D eigenvalue weighted by molar-refractivity contribution is 5.90. The third-order valence-corrected chi connectivity index (χ3v) is 3.23. The fourth-order valence-corrected chi connectivity index (χ4v) is 2.25. The van der Waals surface area contributed by atoms with Crippen molar-refractivity contribution in [2.75, 3.05) is 13.7 Å².